The van der Waals surface area contributed by atoms with E-state index in [1.54, 1.807) is 0 Å². The van der Waals surface area contributed by atoms with Crippen molar-refractivity contribution in [1.82, 2.24) is 9.78 Å². The van der Waals surface area contributed by atoms with Gasteiger partial charge in [-0.3, -0.25) is 9.59 Å². The second-order valence-electron chi connectivity index (χ2n) is 4.07. The first-order valence-electron chi connectivity index (χ1n) is 5.59. The molecule has 0 N–H and O–H groups in total. The lowest BCUT2D eigenvalue weighted by Crippen LogP contribution is -2.23. The van der Waals surface area contributed by atoms with Gasteiger partial charge in [-0.25, -0.2) is 4.68 Å². The van der Waals surface area contributed by atoms with Gasteiger partial charge in [0, 0.05) is 6.07 Å². The van der Waals surface area contributed by atoms with Gasteiger partial charge in [-0.05, 0) is 23.8 Å². The Hall–Kier alpha value is -2.44. The molecular formula is C13H9F3N2O2. The van der Waals surface area contributed by atoms with Crippen molar-refractivity contribution in [3.8, 4) is 0 Å². The lowest BCUT2D eigenvalue weighted by Gasteiger charge is -2.08. The van der Waals surface area contributed by atoms with Crippen LogP contribution in [0.2, 0.25) is 0 Å². The zero-order chi connectivity index (χ0) is 14.8. The molecule has 20 heavy (non-hydrogen) atoms. The van der Waals surface area contributed by atoms with E-state index in [-0.39, 0.29) is 12.2 Å². The predicted molar refractivity (Wildman–Crippen MR) is 64.4 cm³/mol. The van der Waals surface area contributed by atoms with Gasteiger partial charge in [-0.15, -0.1) is 0 Å². The summed E-state index contributed by atoms with van der Waals surface area (Å²) >= 11 is 0. The molecule has 2 aromatic rings. The molecule has 0 saturated carbocycles. The van der Waals surface area contributed by atoms with Gasteiger partial charge in [-0.2, -0.15) is 18.3 Å². The number of nitrogens with zero attached hydrogens (tertiary/aromatic N) is 2. The van der Waals surface area contributed by atoms with E-state index in [2.05, 4.69) is 5.10 Å². The number of carbonyl (C=O) groups is 1. The highest BCUT2D eigenvalue weighted by molar-refractivity contribution is 5.70. The van der Waals surface area contributed by atoms with Gasteiger partial charge in [-0.1, -0.05) is 12.1 Å². The quantitative estimate of drug-likeness (QED) is 0.810. The van der Waals surface area contributed by atoms with Crippen LogP contribution in [0.25, 0.3) is 0 Å². The van der Waals surface area contributed by atoms with E-state index in [1.165, 1.54) is 24.3 Å². The smallest absolute Gasteiger partial charge is 0.296 e. The molecule has 0 spiro atoms. The molecule has 4 nitrogen and oxygen atoms in total. The zero-order valence-corrected chi connectivity index (χ0v) is 10.1. The summed E-state index contributed by atoms with van der Waals surface area (Å²) in [6, 6.07) is 6.86. The fourth-order valence-corrected chi connectivity index (χ4v) is 1.61. The highest BCUT2D eigenvalue weighted by Crippen LogP contribution is 2.29. The minimum Gasteiger partial charge on any atom is -0.296 e. The van der Waals surface area contributed by atoms with Crippen molar-refractivity contribution in [2.45, 2.75) is 12.7 Å². The van der Waals surface area contributed by atoms with Gasteiger partial charge in [0.2, 0.25) is 0 Å². The summed E-state index contributed by atoms with van der Waals surface area (Å²) in [5.41, 5.74) is -0.633. The number of hydrogen-bond acceptors (Lipinski definition) is 3. The molecule has 1 aromatic heterocycles. The molecule has 0 radical (unpaired) electrons. The van der Waals surface area contributed by atoms with Gasteiger partial charge >= 0.3 is 6.18 Å². The van der Waals surface area contributed by atoms with Crippen LogP contribution in [0.4, 0.5) is 13.2 Å². The van der Waals surface area contributed by atoms with Crippen LogP contribution in [0.3, 0.4) is 0 Å². The topological polar surface area (TPSA) is 52.0 Å². The van der Waals surface area contributed by atoms with E-state index in [9.17, 15) is 22.8 Å². The molecule has 0 aliphatic heterocycles. The van der Waals surface area contributed by atoms with Crippen LogP contribution in [0.5, 0.6) is 0 Å². The lowest BCUT2D eigenvalue weighted by molar-refractivity contribution is -0.137. The first kappa shape index (κ1) is 14.0. The first-order chi connectivity index (χ1) is 9.40. The predicted octanol–water partition coefficient (Wildman–Crippen LogP) is 2.12. The molecule has 0 bridgehead atoms. The van der Waals surface area contributed by atoms with E-state index in [4.69, 9.17) is 0 Å². The van der Waals surface area contributed by atoms with E-state index in [1.807, 2.05) is 0 Å². The SMILES string of the molecule is O=Cc1ccc(=O)n(Cc2ccc(C(F)(F)F)cc2)n1. The second kappa shape index (κ2) is 5.28. The average molecular weight is 282 g/mol. The first-order valence-corrected chi connectivity index (χ1v) is 5.59. The molecule has 0 aliphatic rings. The van der Waals surface area contributed by atoms with E-state index in [0.717, 1.165) is 16.8 Å². The van der Waals surface area contributed by atoms with E-state index in [0.29, 0.717) is 11.8 Å². The van der Waals surface area contributed by atoms with Gasteiger partial charge in [0.05, 0.1) is 12.1 Å². The Morgan fingerprint density at radius 2 is 1.75 bits per heavy atom. The van der Waals surface area contributed by atoms with Crippen LogP contribution in [-0.4, -0.2) is 16.1 Å². The molecule has 0 aliphatic carbocycles. The van der Waals surface area contributed by atoms with Crippen LogP contribution in [0.15, 0.2) is 41.2 Å². The van der Waals surface area contributed by atoms with Gasteiger partial charge in [0.15, 0.2) is 6.29 Å². The number of aromatic nitrogens is 2. The van der Waals surface area contributed by atoms with Crippen molar-refractivity contribution >= 4 is 6.29 Å². The molecule has 104 valence electrons. The molecular weight excluding hydrogens is 273 g/mol. The van der Waals surface area contributed by atoms with Crippen molar-refractivity contribution in [3.63, 3.8) is 0 Å². The van der Waals surface area contributed by atoms with Crippen molar-refractivity contribution in [3.05, 3.63) is 63.6 Å². The molecule has 1 heterocycles. The lowest BCUT2D eigenvalue weighted by atomic mass is 10.1. The van der Waals surface area contributed by atoms with E-state index >= 15 is 0 Å². The van der Waals surface area contributed by atoms with Crippen LogP contribution in [0.1, 0.15) is 21.6 Å². The van der Waals surface area contributed by atoms with Crippen LogP contribution >= 0.6 is 0 Å². The Morgan fingerprint density at radius 3 is 2.30 bits per heavy atom. The van der Waals surface area contributed by atoms with Crippen molar-refractivity contribution < 1.29 is 18.0 Å². The van der Waals surface area contributed by atoms with Gasteiger partial charge < -0.3 is 0 Å². The van der Waals surface area contributed by atoms with Crippen molar-refractivity contribution in [2.24, 2.45) is 0 Å². The number of halogens is 3. The molecule has 0 fully saturated rings. The minimum absolute atomic E-state index is 0.00134. The Labute approximate surface area is 111 Å². The largest absolute Gasteiger partial charge is 0.416 e. The Bertz CT molecular complexity index is 675. The summed E-state index contributed by atoms with van der Waals surface area (Å²) in [4.78, 5) is 22.1. The normalized spacial score (nSPS) is 11.3. The highest BCUT2D eigenvalue weighted by Gasteiger charge is 2.29. The number of hydrogen-bond donors (Lipinski definition) is 0. The molecule has 0 unspecified atom stereocenters. The third-order valence-electron chi connectivity index (χ3n) is 2.62. The summed E-state index contributed by atoms with van der Waals surface area (Å²) in [7, 11) is 0. The number of rotatable bonds is 3. The maximum Gasteiger partial charge on any atom is 0.416 e. The fraction of sp³-hybridized carbons (Fsp3) is 0.154. The van der Waals surface area contributed by atoms with Crippen LogP contribution in [0, 0.1) is 0 Å². The minimum atomic E-state index is -4.40. The Kier molecular flexibility index (Phi) is 3.69. The number of aldehydes is 1. The standard InChI is InChI=1S/C13H9F3N2O2/c14-13(15,16)10-3-1-9(2-4-10)7-18-12(20)6-5-11(8-19)17-18/h1-6,8H,7H2. The van der Waals surface area contributed by atoms with E-state index < -0.39 is 17.3 Å². The van der Waals surface area contributed by atoms with Crippen molar-refractivity contribution in [1.29, 1.82) is 0 Å². The summed E-state index contributed by atoms with van der Waals surface area (Å²) in [6.45, 7) is -0.00134. The summed E-state index contributed by atoms with van der Waals surface area (Å²) in [6.07, 6.45) is -3.91. The van der Waals surface area contributed by atoms with Gasteiger partial charge in [0.25, 0.3) is 5.56 Å². The number of carbonyl (C=O) groups excluding carboxylic acids is 1. The number of alkyl halides is 3. The van der Waals surface area contributed by atoms with Crippen molar-refractivity contribution in [2.75, 3.05) is 0 Å². The zero-order valence-electron chi connectivity index (χ0n) is 10.1. The molecule has 0 amide bonds. The molecule has 7 heteroatoms. The molecule has 2 rings (SSSR count). The molecule has 0 saturated heterocycles. The van der Waals surface area contributed by atoms with Crippen LogP contribution < -0.4 is 5.56 Å². The third-order valence-corrected chi connectivity index (χ3v) is 2.62. The summed E-state index contributed by atoms with van der Waals surface area (Å²) in [5.74, 6) is 0. The molecule has 0 atom stereocenters. The van der Waals surface area contributed by atoms with Crippen LogP contribution in [-0.2, 0) is 12.7 Å². The maximum atomic E-state index is 12.4. The third kappa shape index (κ3) is 3.11. The Balaban J connectivity index is 2.26. The highest BCUT2D eigenvalue weighted by atomic mass is 19.4. The van der Waals surface area contributed by atoms with Gasteiger partial charge in [0.1, 0.15) is 5.69 Å². The Morgan fingerprint density at radius 1 is 1.10 bits per heavy atom. The summed E-state index contributed by atoms with van der Waals surface area (Å²) < 4.78 is 38.2. The molecule has 1 aromatic carbocycles. The number of benzene rings is 1. The summed E-state index contributed by atoms with van der Waals surface area (Å²) in [5, 5.41) is 3.77. The maximum absolute atomic E-state index is 12.4. The second-order valence-corrected chi connectivity index (χ2v) is 4.07. The average Bonchev–Trinajstić information content (AvgIpc) is 2.41. The fourth-order valence-electron chi connectivity index (χ4n) is 1.61. The monoisotopic (exact) mass is 282 g/mol.